The molecule has 0 aliphatic carbocycles. The first-order valence-electron chi connectivity index (χ1n) is 7.16. The van der Waals surface area contributed by atoms with E-state index in [4.69, 9.17) is 11.6 Å². The summed E-state index contributed by atoms with van der Waals surface area (Å²) in [5, 5.41) is 2.00. The fraction of sp³-hybridized carbons (Fsp3) is 0. The predicted octanol–water partition coefficient (Wildman–Crippen LogP) is 6.89. The van der Waals surface area contributed by atoms with E-state index in [0.29, 0.717) is 0 Å². The molecule has 0 aliphatic heterocycles. The van der Waals surface area contributed by atoms with Crippen LogP contribution in [0.2, 0.25) is 5.02 Å². The van der Waals surface area contributed by atoms with E-state index in [2.05, 4.69) is 66.7 Å². The summed E-state index contributed by atoms with van der Waals surface area (Å²) >= 11 is 8.06. The fourth-order valence-corrected chi connectivity index (χ4v) is 4.14. The van der Waals surface area contributed by atoms with E-state index in [0.717, 1.165) is 5.02 Å². The third-order valence-electron chi connectivity index (χ3n) is 3.75. The maximum atomic E-state index is 6.24. The second-order valence-corrected chi connectivity index (χ2v) is 6.67. The van der Waals surface area contributed by atoms with Crippen LogP contribution in [0.5, 0.6) is 0 Å². The summed E-state index contributed by atoms with van der Waals surface area (Å²) in [6.45, 7) is 0. The van der Waals surface area contributed by atoms with Crippen molar-refractivity contribution in [3.8, 4) is 21.6 Å². The summed E-state index contributed by atoms with van der Waals surface area (Å²) in [7, 11) is 0. The van der Waals surface area contributed by atoms with E-state index < -0.39 is 0 Å². The monoisotopic (exact) mass is 320 g/mol. The zero-order chi connectivity index (χ0) is 14.9. The quantitative estimate of drug-likeness (QED) is 0.377. The molecule has 3 aromatic carbocycles. The number of thiophene rings is 1. The maximum absolute atomic E-state index is 6.24. The van der Waals surface area contributed by atoms with Gasteiger partial charge in [0.15, 0.2) is 0 Å². The van der Waals surface area contributed by atoms with E-state index in [1.165, 1.54) is 31.7 Å². The Morgan fingerprint density at radius 2 is 1.32 bits per heavy atom. The van der Waals surface area contributed by atoms with Gasteiger partial charge in [0, 0.05) is 25.5 Å². The lowest BCUT2D eigenvalue weighted by Crippen LogP contribution is -1.80. The molecule has 0 saturated heterocycles. The first-order valence-corrected chi connectivity index (χ1v) is 8.35. The lowest BCUT2D eigenvalue weighted by Gasteiger charge is -2.05. The summed E-state index contributed by atoms with van der Waals surface area (Å²) in [5.74, 6) is 0. The Labute approximate surface area is 138 Å². The molecule has 0 amide bonds. The van der Waals surface area contributed by atoms with Crippen molar-refractivity contribution in [2.75, 3.05) is 0 Å². The third kappa shape index (κ3) is 2.33. The van der Waals surface area contributed by atoms with E-state index in [-0.39, 0.29) is 0 Å². The summed E-state index contributed by atoms with van der Waals surface area (Å²) in [5.41, 5.74) is 3.75. The van der Waals surface area contributed by atoms with Gasteiger partial charge in [0.25, 0.3) is 0 Å². The van der Waals surface area contributed by atoms with Crippen LogP contribution in [0.25, 0.3) is 31.7 Å². The molecule has 4 aromatic rings. The largest absolute Gasteiger partial charge is 0.135 e. The van der Waals surface area contributed by atoms with Crippen LogP contribution in [0.1, 0.15) is 0 Å². The summed E-state index contributed by atoms with van der Waals surface area (Å²) in [4.78, 5) is 1.30. The Hall–Kier alpha value is -2.09. The highest BCUT2D eigenvalue weighted by Gasteiger charge is 2.15. The first-order chi connectivity index (χ1) is 10.8. The van der Waals surface area contributed by atoms with Crippen molar-refractivity contribution in [2.24, 2.45) is 0 Å². The van der Waals surface area contributed by atoms with Crippen LogP contribution in [-0.4, -0.2) is 0 Å². The summed E-state index contributed by atoms with van der Waals surface area (Å²) < 4.78 is 1.27. The van der Waals surface area contributed by atoms with Crippen LogP contribution in [0.15, 0.2) is 78.9 Å². The highest BCUT2D eigenvalue weighted by Crippen LogP contribution is 2.45. The lowest BCUT2D eigenvalue weighted by molar-refractivity contribution is 1.66. The average Bonchev–Trinajstić information content (AvgIpc) is 2.95. The number of rotatable bonds is 2. The molecule has 0 radical (unpaired) electrons. The molecule has 0 atom stereocenters. The van der Waals surface area contributed by atoms with Gasteiger partial charge >= 0.3 is 0 Å². The molecule has 2 heteroatoms. The Morgan fingerprint density at radius 3 is 2.00 bits per heavy atom. The molecule has 1 heterocycles. The van der Waals surface area contributed by atoms with Crippen molar-refractivity contribution in [3.63, 3.8) is 0 Å². The molecule has 106 valence electrons. The molecule has 0 nitrogen and oxygen atoms in total. The Balaban J connectivity index is 2.08. The zero-order valence-corrected chi connectivity index (χ0v) is 13.4. The minimum Gasteiger partial charge on any atom is -0.135 e. The number of benzene rings is 3. The topological polar surface area (TPSA) is 0 Å². The highest BCUT2D eigenvalue weighted by atomic mass is 35.5. The average molecular weight is 321 g/mol. The fourth-order valence-electron chi connectivity index (χ4n) is 2.75. The molecule has 0 N–H and O–H groups in total. The number of halogens is 1. The van der Waals surface area contributed by atoms with Crippen molar-refractivity contribution in [1.82, 2.24) is 0 Å². The van der Waals surface area contributed by atoms with Gasteiger partial charge in [0.1, 0.15) is 0 Å². The van der Waals surface area contributed by atoms with Gasteiger partial charge < -0.3 is 0 Å². The minimum atomic E-state index is 0.780. The molecule has 0 bridgehead atoms. The third-order valence-corrected chi connectivity index (χ3v) is 5.20. The maximum Gasteiger partial charge on any atom is 0.0433 e. The number of hydrogen-bond donors (Lipinski definition) is 0. The van der Waals surface area contributed by atoms with E-state index >= 15 is 0 Å². The van der Waals surface area contributed by atoms with E-state index in [1.807, 2.05) is 23.5 Å². The van der Waals surface area contributed by atoms with Crippen LogP contribution < -0.4 is 0 Å². The second-order valence-electron chi connectivity index (χ2n) is 5.18. The molecule has 0 fully saturated rings. The van der Waals surface area contributed by atoms with Crippen molar-refractivity contribution in [2.45, 2.75) is 0 Å². The summed E-state index contributed by atoms with van der Waals surface area (Å²) in [6, 6.07) is 27.2. The van der Waals surface area contributed by atoms with E-state index in [1.54, 1.807) is 0 Å². The van der Waals surface area contributed by atoms with Crippen molar-refractivity contribution in [3.05, 3.63) is 83.9 Å². The molecule has 4 rings (SSSR count). The van der Waals surface area contributed by atoms with Crippen LogP contribution >= 0.6 is 22.9 Å². The van der Waals surface area contributed by atoms with Gasteiger partial charge in [-0.15, -0.1) is 11.3 Å². The molecular weight excluding hydrogens is 308 g/mol. The van der Waals surface area contributed by atoms with Gasteiger partial charge in [-0.2, -0.15) is 0 Å². The molecule has 22 heavy (non-hydrogen) atoms. The molecule has 0 aliphatic rings. The molecule has 0 spiro atoms. The Bertz CT molecular complexity index is 924. The molecule has 0 unspecified atom stereocenters. The SMILES string of the molecule is Clc1ccc2sc(-c3ccccc3)c(-c3ccccc3)c2c1. The Kier molecular flexibility index (Phi) is 3.45. The minimum absolute atomic E-state index is 0.780. The zero-order valence-electron chi connectivity index (χ0n) is 11.8. The van der Waals surface area contributed by atoms with Crippen molar-refractivity contribution >= 4 is 33.0 Å². The lowest BCUT2D eigenvalue weighted by atomic mass is 9.99. The number of fused-ring (bicyclic) bond motifs is 1. The standard InChI is InChI=1S/C20H13ClS/c21-16-11-12-18-17(13-16)19(14-7-3-1-4-8-14)20(22-18)15-9-5-2-6-10-15/h1-13H. The number of hydrogen-bond acceptors (Lipinski definition) is 1. The molecule has 0 saturated carbocycles. The van der Waals surface area contributed by atoms with Gasteiger partial charge in [-0.05, 0) is 29.3 Å². The van der Waals surface area contributed by atoms with Crippen LogP contribution in [0, 0.1) is 0 Å². The van der Waals surface area contributed by atoms with Crippen LogP contribution in [0.4, 0.5) is 0 Å². The van der Waals surface area contributed by atoms with Crippen LogP contribution in [-0.2, 0) is 0 Å². The molecule has 1 aromatic heterocycles. The smallest absolute Gasteiger partial charge is 0.0433 e. The predicted molar refractivity (Wildman–Crippen MR) is 97.7 cm³/mol. The second kappa shape index (κ2) is 5.60. The van der Waals surface area contributed by atoms with Crippen LogP contribution in [0.3, 0.4) is 0 Å². The normalized spacial score (nSPS) is 11.0. The van der Waals surface area contributed by atoms with Gasteiger partial charge in [0.05, 0.1) is 0 Å². The molecular formula is C20H13ClS. The Morgan fingerprint density at radius 1 is 0.682 bits per heavy atom. The van der Waals surface area contributed by atoms with Gasteiger partial charge in [-0.25, -0.2) is 0 Å². The van der Waals surface area contributed by atoms with E-state index in [9.17, 15) is 0 Å². The summed E-state index contributed by atoms with van der Waals surface area (Å²) in [6.07, 6.45) is 0. The first kappa shape index (κ1) is 13.6. The van der Waals surface area contributed by atoms with Gasteiger partial charge in [-0.3, -0.25) is 0 Å². The van der Waals surface area contributed by atoms with Gasteiger partial charge in [0.2, 0.25) is 0 Å². The van der Waals surface area contributed by atoms with Gasteiger partial charge in [-0.1, -0.05) is 72.3 Å². The van der Waals surface area contributed by atoms with Crippen molar-refractivity contribution in [1.29, 1.82) is 0 Å². The van der Waals surface area contributed by atoms with Crippen molar-refractivity contribution < 1.29 is 0 Å². The highest BCUT2D eigenvalue weighted by molar-refractivity contribution is 7.23.